The Balaban J connectivity index is 0.00000208. The number of amides is 1. The van der Waals surface area contributed by atoms with Gasteiger partial charge in [0.05, 0.1) is 12.5 Å². The molecular weight excluding hydrogens is 327 g/mol. The predicted molar refractivity (Wildman–Crippen MR) is 95.9 cm³/mol. The van der Waals surface area contributed by atoms with Gasteiger partial charge < -0.3 is 10.2 Å². The molecular formula is C19H22ClFN2O. The largest absolute Gasteiger partial charge is 0.333 e. The molecule has 1 aliphatic heterocycles. The predicted octanol–water partition coefficient (Wildman–Crippen LogP) is 3.27. The molecule has 3 rings (SSSR count). The zero-order chi connectivity index (χ0) is 16.2. The van der Waals surface area contributed by atoms with Gasteiger partial charge in [-0.2, -0.15) is 0 Å². The first-order valence-corrected chi connectivity index (χ1v) is 7.95. The Morgan fingerprint density at radius 1 is 1.25 bits per heavy atom. The molecule has 3 nitrogen and oxygen atoms in total. The molecule has 0 radical (unpaired) electrons. The van der Waals surface area contributed by atoms with Gasteiger partial charge in [-0.25, -0.2) is 4.39 Å². The summed E-state index contributed by atoms with van der Waals surface area (Å²) < 4.78 is 13.5. The zero-order valence-electron chi connectivity index (χ0n) is 13.7. The molecule has 2 aromatic carbocycles. The van der Waals surface area contributed by atoms with E-state index in [9.17, 15) is 9.18 Å². The second-order valence-corrected chi connectivity index (χ2v) is 6.02. The summed E-state index contributed by atoms with van der Waals surface area (Å²) in [6.07, 6.45) is 0.381. The third-order valence-corrected chi connectivity index (χ3v) is 4.27. The lowest BCUT2D eigenvalue weighted by Crippen LogP contribution is -2.49. The molecule has 0 aromatic heterocycles. The van der Waals surface area contributed by atoms with Crippen molar-refractivity contribution in [1.29, 1.82) is 0 Å². The van der Waals surface area contributed by atoms with E-state index in [0.717, 1.165) is 17.7 Å². The normalized spacial score (nSPS) is 17.2. The van der Waals surface area contributed by atoms with Crippen molar-refractivity contribution in [3.8, 4) is 0 Å². The highest BCUT2D eigenvalue weighted by Crippen LogP contribution is 2.23. The minimum Gasteiger partial charge on any atom is -0.333 e. The minimum atomic E-state index is -0.265. The van der Waals surface area contributed by atoms with Crippen LogP contribution in [0.2, 0.25) is 0 Å². The van der Waals surface area contributed by atoms with E-state index < -0.39 is 0 Å². The average Bonchev–Trinajstić information content (AvgIpc) is 2.57. The van der Waals surface area contributed by atoms with E-state index in [-0.39, 0.29) is 30.2 Å². The summed E-state index contributed by atoms with van der Waals surface area (Å²) in [5, 5.41) is 3.29. The fraction of sp³-hybridized carbons (Fsp3) is 0.316. The van der Waals surface area contributed by atoms with Crippen LogP contribution in [0.1, 0.15) is 22.7 Å². The third-order valence-electron chi connectivity index (χ3n) is 4.27. The quantitative estimate of drug-likeness (QED) is 0.923. The van der Waals surface area contributed by atoms with Crippen molar-refractivity contribution in [2.75, 3.05) is 19.6 Å². The third kappa shape index (κ3) is 4.34. The number of rotatable bonds is 3. The first-order valence-electron chi connectivity index (χ1n) is 7.95. The van der Waals surface area contributed by atoms with Gasteiger partial charge in [-0.1, -0.05) is 42.0 Å². The maximum atomic E-state index is 13.5. The van der Waals surface area contributed by atoms with Crippen molar-refractivity contribution in [2.45, 2.75) is 19.4 Å². The molecule has 1 heterocycles. The van der Waals surface area contributed by atoms with Crippen molar-refractivity contribution in [3.63, 3.8) is 0 Å². The first-order chi connectivity index (χ1) is 11.1. The summed E-state index contributed by atoms with van der Waals surface area (Å²) in [5.74, 6) is -0.177. The van der Waals surface area contributed by atoms with Crippen LogP contribution in [0, 0.1) is 12.7 Å². The van der Waals surface area contributed by atoms with E-state index in [4.69, 9.17) is 0 Å². The second kappa shape index (κ2) is 8.27. The molecule has 0 spiro atoms. The van der Waals surface area contributed by atoms with Gasteiger partial charge in [-0.3, -0.25) is 4.79 Å². The fourth-order valence-electron chi connectivity index (χ4n) is 3.00. The van der Waals surface area contributed by atoms with Gasteiger partial charge in [0.2, 0.25) is 5.91 Å². The molecule has 128 valence electrons. The van der Waals surface area contributed by atoms with Crippen molar-refractivity contribution < 1.29 is 9.18 Å². The van der Waals surface area contributed by atoms with Crippen LogP contribution in [0.15, 0.2) is 48.5 Å². The molecule has 0 saturated carbocycles. The summed E-state index contributed by atoms with van der Waals surface area (Å²) in [6.45, 7) is 4.10. The Hall–Kier alpha value is -1.91. The number of nitrogens with zero attached hydrogens (tertiary/aromatic N) is 1. The Kier molecular flexibility index (Phi) is 6.35. The topological polar surface area (TPSA) is 32.3 Å². The molecule has 5 heteroatoms. The monoisotopic (exact) mass is 348 g/mol. The summed E-state index contributed by atoms with van der Waals surface area (Å²) >= 11 is 0. The van der Waals surface area contributed by atoms with E-state index in [0.29, 0.717) is 19.5 Å². The molecule has 1 fully saturated rings. The lowest BCUT2D eigenvalue weighted by molar-refractivity contribution is -0.133. The second-order valence-electron chi connectivity index (χ2n) is 6.02. The molecule has 24 heavy (non-hydrogen) atoms. The smallest absolute Gasteiger partial charge is 0.227 e. The van der Waals surface area contributed by atoms with Crippen molar-refractivity contribution in [1.82, 2.24) is 10.2 Å². The molecule has 1 unspecified atom stereocenters. The molecule has 0 bridgehead atoms. The van der Waals surface area contributed by atoms with Crippen LogP contribution in [0.3, 0.4) is 0 Å². The van der Waals surface area contributed by atoms with Crippen molar-refractivity contribution in [3.05, 3.63) is 71.0 Å². The molecule has 1 aliphatic rings. The van der Waals surface area contributed by atoms with E-state index in [2.05, 4.69) is 5.32 Å². The van der Waals surface area contributed by atoms with Crippen molar-refractivity contribution in [2.24, 2.45) is 0 Å². The fourth-order valence-corrected chi connectivity index (χ4v) is 3.00. The molecule has 1 saturated heterocycles. The van der Waals surface area contributed by atoms with E-state index >= 15 is 0 Å². The number of aryl methyl sites for hydroxylation is 1. The van der Waals surface area contributed by atoms with Crippen LogP contribution >= 0.6 is 12.4 Å². The molecule has 0 aliphatic carbocycles. The summed E-state index contributed by atoms with van der Waals surface area (Å²) in [4.78, 5) is 14.6. The Morgan fingerprint density at radius 3 is 2.71 bits per heavy atom. The van der Waals surface area contributed by atoms with Crippen LogP contribution in [0.4, 0.5) is 4.39 Å². The molecule has 2 aromatic rings. The Labute approximate surface area is 148 Å². The number of halogens is 2. The van der Waals surface area contributed by atoms with Gasteiger partial charge in [0.15, 0.2) is 0 Å². The van der Waals surface area contributed by atoms with Gasteiger partial charge in [-0.05, 0) is 30.2 Å². The lowest BCUT2D eigenvalue weighted by Gasteiger charge is -2.36. The average molecular weight is 349 g/mol. The van der Waals surface area contributed by atoms with Crippen LogP contribution < -0.4 is 5.32 Å². The summed E-state index contributed by atoms with van der Waals surface area (Å²) in [5.41, 5.74) is 3.03. The van der Waals surface area contributed by atoms with E-state index in [1.165, 1.54) is 17.7 Å². The molecule has 1 N–H and O–H groups in total. The van der Waals surface area contributed by atoms with Gasteiger partial charge in [0.25, 0.3) is 0 Å². The van der Waals surface area contributed by atoms with Crippen LogP contribution in [0.25, 0.3) is 0 Å². The SMILES string of the molecule is Cc1ccc(CC(=O)N2CCNCC2c2cccc(F)c2)cc1.Cl. The van der Waals surface area contributed by atoms with Crippen molar-refractivity contribution >= 4 is 18.3 Å². The van der Waals surface area contributed by atoms with Gasteiger partial charge in [0, 0.05) is 19.6 Å². The van der Waals surface area contributed by atoms with Gasteiger partial charge >= 0.3 is 0 Å². The maximum absolute atomic E-state index is 13.5. The van der Waals surface area contributed by atoms with Crippen LogP contribution in [-0.4, -0.2) is 30.4 Å². The number of carbonyl (C=O) groups is 1. The zero-order valence-corrected chi connectivity index (χ0v) is 14.5. The number of piperazine rings is 1. The van der Waals surface area contributed by atoms with E-state index in [1.807, 2.05) is 42.2 Å². The molecule has 1 amide bonds. The first kappa shape index (κ1) is 18.4. The standard InChI is InChI=1S/C19H21FN2O.ClH/c1-14-5-7-15(8-6-14)11-19(23)22-10-9-21-13-18(22)16-3-2-4-17(20)12-16;/h2-8,12,18,21H,9-11,13H2,1H3;1H. The summed E-state index contributed by atoms with van der Waals surface area (Å²) in [7, 11) is 0. The highest BCUT2D eigenvalue weighted by atomic mass is 35.5. The number of benzene rings is 2. The highest BCUT2D eigenvalue weighted by molar-refractivity contribution is 5.85. The van der Waals surface area contributed by atoms with Crippen LogP contribution in [-0.2, 0) is 11.2 Å². The summed E-state index contributed by atoms with van der Waals surface area (Å²) in [6, 6.07) is 14.4. The van der Waals surface area contributed by atoms with Gasteiger partial charge in [-0.15, -0.1) is 12.4 Å². The maximum Gasteiger partial charge on any atom is 0.227 e. The van der Waals surface area contributed by atoms with Gasteiger partial charge in [0.1, 0.15) is 5.82 Å². The Morgan fingerprint density at radius 2 is 2.00 bits per heavy atom. The van der Waals surface area contributed by atoms with E-state index in [1.54, 1.807) is 6.07 Å². The molecule has 1 atom stereocenters. The lowest BCUT2D eigenvalue weighted by atomic mass is 10.0. The number of nitrogens with one attached hydrogen (secondary N) is 1. The highest BCUT2D eigenvalue weighted by Gasteiger charge is 2.27. The number of carbonyl (C=O) groups excluding carboxylic acids is 1. The number of hydrogen-bond acceptors (Lipinski definition) is 2. The number of hydrogen-bond donors (Lipinski definition) is 1. The Bertz CT molecular complexity index is 690. The van der Waals surface area contributed by atoms with Crippen LogP contribution in [0.5, 0.6) is 0 Å². The minimum absolute atomic E-state index is 0.